The minimum absolute atomic E-state index is 0.162. The third-order valence-electron chi connectivity index (χ3n) is 2.79. The van der Waals surface area contributed by atoms with Crippen LogP contribution in [0.5, 0.6) is 5.75 Å². The molecule has 0 unspecified atom stereocenters. The smallest absolute Gasteiger partial charge is 0.259 e. The number of hydrogen-bond acceptors (Lipinski definition) is 5. The fourth-order valence-corrected chi connectivity index (χ4v) is 2.53. The van der Waals surface area contributed by atoms with Crippen molar-refractivity contribution in [1.29, 1.82) is 0 Å². The molecule has 0 radical (unpaired) electrons. The molecule has 4 N–H and O–H groups in total. The highest BCUT2D eigenvalue weighted by atomic mass is 32.2. The molecule has 0 bridgehead atoms. The lowest BCUT2D eigenvalue weighted by molar-refractivity contribution is 0.102. The summed E-state index contributed by atoms with van der Waals surface area (Å²) in [6.07, 6.45) is 3.75. The van der Waals surface area contributed by atoms with Crippen molar-refractivity contribution in [2.24, 2.45) is 0 Å². The van der Waals surface area contributed by atoms with Crippen LogP contribution in [0, 0.1) is 0 Å². The Morgan fingerprint density at radius 2 is 2.24 bits per heavy atom. The fourth-order valence-electron chi connectivity index (χ4n) is 1.72. The maximum absolute atomic E-state index is 12.2. The maximum Gasteiger partial charge on any atom is 0.259 e. The van der Waals surface area contributed by atoms with Crippen LogP contribution in [0.1, 0.15) is 23.7 Å². The Balaban J connectivity index is 2.19. The largest absolute Gasteiger partial charge is 0.505 e. The Morgan fingerprint density at radius 1 is 1.43 bits per heavy atom. The average molecular weight is 303 g/mol. The second kappa shape index (κ2) is 6.99. The molecule has 0 saturated heterocycles. The molecule has 0 aliphatic heterocycles. The zero-order valence-electron chi connectivity index (χ0n) is 11.7. The highest BCUT2D eigenvalue weighted by molar-refractivity contribution is 7.99. The van der Waals surface area contributed by atoms with Crippen LogP contribution in [0.3, 0.4) is 0 Å². The number of nitrogens with zero attached hydrogens (tertiary/aromatic N) is 1. The van der Waals surface area contributed by atoms with Crippen LogP contribution in [-0.4, -0.2) is 21.8 Å². The predicted molar refractivity (Wildman–Crippen MR) is 85.7 cm³/mol. The molecule has 110 valence electrons. The second-order valence-corrected chi connectivity index (χ2v) is 5.61. The van der Waals surface area contributed by atoms with Gasteiger partial charge in [0.1, 0.15) is 5.75 Å². The molecular formula is C15H17N3O2S. The lowest BCUT2D eigenvalue weighted by atomic mass is 10.2. The molecule has 1 aromatic heterocycles. The first kappa shape index (κ1) is 15.2. The van der Waals surface area contributed by atoms with Crippen molar-refractivity contribution in [3.8, 4) is 5.75 Å². The number of nitrogen functional groups attached to an aromatic ring is 1. The summed E-state index contributed by atoms with van der Waals surface area (Å²) in [6.45, 7) is 2.11. The first-order valence-corrected chi connectivity index (χ1v) is 7.57. The van der Waals surface area contributed by atoms with Crippen LogP contribution in [-0.2, 0) is 0 Å². The summed E-state index contributed by atoms with van der Waals surface area (Å²) in [7, 11) is 0. The number of aromatic hydroxyl groups is 1. The van der Waals surface area contributed by atoms with Crippen molar-refractivity contribution >= 4 is 29.0 Å². The van der Waals surface area contributed by atoms with Gasteiger partial charge in [0.15, 0.2) is 0 Å². The van der Waals surface area contributed by atoms with E-state index in [0.717, 1.165) is 17.1 Å². The van der Waals surface area contributed by atoms with Gasteiger partial charge in [0.2, 0.25) is 0 Å². The van der Waals surface area contributed by atoms with Crippen LogP contribution >= 0.6 is 11.8 Å². The minimum Gasteiger partial charge on any atom is -0.505 e. The zero-order valence-corrected chi connectivity index (χ0v) is 12.5. The SMILES string of the molecule is CCCSc1ccc(N)c(NC(=O)c2ccncc2O)c1. The topological polar surface area (TPSA) is 88.2 Å². The number of amides is 1. The number of nitrogens with one attached hydrogen (secondary N) is 1. The van der Waals surface area contributed by atoms with E-state index < -0.39 is 5.91 Å². The lowest BCUT2D eigenvalue weighted by Crippen LogP contribution is -2.13. The normalized spacial score (nSPS) is 10.3. The molecular weight excluding hydrogens is 286 g/mol. The third kappa shape index (κ3) is 3.88. The van der Waals surface area contributed by atoms with Gasteiger partial charge in [-0.25, -0.2) is 0 Å². The Labute approximate surface area is 127 Å². The first-order valence-electron chi connectivity index (χ1n) is 6.58. The van der Waals surface area contributed by atoms with Gasteiger partial charge in [-0.1, -0.05) is 6.92 Å². The van der Waals surface area contributed by atoms with Crippen LogP contribution < -0.4 is 11.1 Å². The summed E-state index contributed by atoms with van der Waals surface area (Å²) in [5.41, 5.74) is 7.07. The van der Waals surface area contributed by atoms with Gasteiger partial charge < -0.3 is 16.2 Å². The van der Waals surface area contributed by atoms with Crippen molar-refractivity contribution in [2.45, 2.75) is 18.2 Å². The molecule has 0 aliphatic carbocycles. The zero-order chi connectivity index (χ0) is 15.2. The van der Waals surface area contributed by atoms with Gasteiger partial charge in [-0.05, 0) is 36.4 Å². The fraction of sp³-hybridized carbons (Fsp3) is 0.200. The number of hydrogen-bond donors (Lipinski definition) is 3. The molecule has 1 amide bonds. The first-order chi connectivity index (χ1) is 10.1. The van der Waals surface area contributed by atoms with Crippen LogP contribution in [0.15, 0.2) is 41.6 Å². The van der Waals surface area contributed by atoms with E-state index in [9.17, 15) is 9.90 Å². The number of carbonyl (C=O) groups excluding carboxylic acids is 1. The minimum atomic E-state index is -0.417. The number of anilines is 2. The van der Waals surface area contributed by atoms with Gasteiger partial charge in [0.05, 0.1) is 23.1 Å². The van der Waals surface area contributed by atoms with Crippen LogP contribution in [0.2, 0.25) is 0 Å². The number of thioether (sulfide) groups is 1. The summed E-state index contributed by atoms with van der Waals surface area (Å²) < 4.78 is 0. The molecule has 21 heavy (non-hydrogen) atoms. The van der Waals surface area contributed by atoms with Gasteiger partial charge in [-0.2, -0.15) is 0 Å². The van der Waals surface area contributed by atoms with Crippen molar-refractivity contribution in [3.63, 3.8) is 0 Å². The number of carbonyl (C=O) groups is 1. The highest BCUT2D eigenvalue weighted by Crippen LogP contribution is 2.28. The monoisotopic (exact) mass is 303 g/mol. The molecule has 0 aliphatic rings. The van der Waals surface area contributed by atoms with Crippen molar-refractivity contribution in [2.75, 3.05) is 16.8 Å². The van der Waals surface area contributed by atoms with E-state index in [0.29, 0.717) is 11.4 Å². The van der Waals surface area contributed by atoms with Gasteiger partial charge in [0.25, 0.3) is 5.91 Å². The molecule has 5 nitrogen and oxygen atoms in total. The van der Waals surface area contributed by atoms with E-state index >= 15 is 0 Å². The number of rotatable bonds is 5. The molecule has 0 spiro atoms. The summed E-state index contributed by atoms with van der Waals surface area (Å²) >= 11 is 1.70. The van der Waals surface area contributed by atoms with E-state index in [2.05, 4.69) is 17.2 Å². The van der Waals surface area contributed by atoms with E-state index in [-0.39, 0.29) is 11.3 Å². The van der Waals surface area contributed by atoms with Gasteiger partial charge in [-0.15, -0.1) is 11.8 Å². The van der Waals surface area contributed by atoms with E-state index in [1.165, 1.54) is 18.5 Å². The number of nitrogens with two attached hydrogens (primary N) is 1. The van der Waals surface area contributed by atoms with E-state index in [1.807, 2.05) is 12.1 Å². The van der Waals surface area contributed by atoms with Crippen LogP contribution in [0.4, 0.5) is 11.4 Å². The van der Waals surface area contributed by atoms with Gasteiger partial charge in [0, 0.05) is 11.1 Å². The Morgan fingerprint density at radius 3 is 2.95 bits per heavy atom. The molecule has 0 fully saturated rings. The third-order valence-corrected chi connectivity index (χ3v) is 3.99. The number of aromatic nitrogens is 1. The van der Waals surface area contributed by atoms with Crippen molar-refractivity contribution in [3.05, 3.63) is 42.2 Å². The molecule has 2 rings (SSSR count). The average Bonchev–Trinajstić information content (AvgIpc) is 2.48. The number of pyridine rings is 1. The molecule has 0 atom stereocenters. The van der Waals surface area contributed by atoms with Gasteiger partial charge in [-0.3, -0.25) is 9.78 Å². The molecule has 1 heterocycles. The van der Waals surface area contributed by atoms with Crippen molar-refractivity contribution < 1.29 is 9.90 Å². The lowest BCUT2D eigenvalue weighted by Gasteiger charge is -2.10. The molecule has 0 saturated carbocycles. The standard InChI is InChI=1S/C15H17N3O2S/c1-2-7-21-10-3-4-12(16)13(8-10)18-15(20)11-5-6-17-9-14(11)19/h3-6,8-9,19H,2,7,16H2,1H3,(H,18,20). The van der Waals surface area contributed by atoms with Gasteiger partial charge >= 0.3 is 0 Å². The van der Waals surface area contributed by atoms with E-state index in [4.69, 9.17) is 5.73 Å². The number of benzene rings is 1. The Kier molecular flexibility index (Phi) is 5.05. The second-order valence-electron chi connectivity index (χ2n) is 4.44. The Hall–Kier alpha value is -2.21. The molecule has 2 aromatic rings. The van der Waals surface area contributed by atoms with Crippen molar-refractivity contribution in [1.82, 2.24) is 4.98 Å². The summed E-state index contributed by atoms with van der Waals surface area (Å²) in [5.74, 6) is 0.423. The maximum atomic E-state index is 12.2. The summed E-state index contributed by atoms with van der Waals surface area (Å²) in [6, 6.07) is 6.98. The summed E-state index contributed by atoms with van der Waals surface area (Å²) in [5, 5.41) is 12.4. The predicted octanol–water partition coefficient (Wildman–Crippen LogP) is 3.12. The highest BCUT2D eigenvalue weighted by Gasteiger charge is 2.12. The Bertz CT molecular complexity index is 647. The summed E-state index contributed by atoms with van der Waals surface area (Å²) in [4.78, 5) is 16.9. The molecule has 6 heteroatoms. The van der Waals surface area contributed by atoms with Crippen LogP contribution in [0.25, 0.3) is 0 Å². The quantitative estimate of drug-likeness (QED) is 0.583. The molecule has 1 aromatic carbocycles. The van der Waals surface area contributed by atoms with E-state index in [1.54, 1.807) is 17.8 Å².